The van der Waals surface area contributed by atoms with E-state index in [-0.39, 0.29) is 11.2 Å². The molecule has 2 aromatic heterocycles. The SMILES string of the molecule is CC(C)(C)c1ccc2c(c1)c1cc(F)ccc1c1ncc(F)n21. The van der Waals surface area contributed by atoms with Gasteiger partial charge in [-0.2, -0.15) is 4.39 Å². The quantitative estimate of drug-likeness (QED) is 0.407. The Labute approximate surface area is 132 Å². The molecule has 0 unspecified atom stereocenters. The number of halogens is 2. The molecule has 0 aliphatic carbocycles. The van der Waals surface area contributed by atoms with Crippen LogP contribution in [0.5, 0.6) is 0 Å². The number of nitrogens with zero attached hydrogens (tertiary/aromatic N) is 2. The molecule has 4 heteroatoms. The number of rotatable bonds is 0. The van der Waals surface area contributed by atoms with Gasteiger partial charge in [-0.05, 0) is 46.7 Å². The molecule has 116 valence electrons. The van der Waals surface area contributed by atoms with Crippen LogP contribution in [0.15, 0.2) is 42.6 Å². The third-order valence-corrected chi connectivity index (χ3v) is 4.33. The van der Waals surface area contributed by atoms with E-state index in [9.17, 15) is 8.78 Å². The predicted molar refractivity (Wildman–Crippen MR) is 88.8 cm³/mol. The number of benzene rings is 2. The first-order chi connectivity index (χ1) is 10.9. The molecule has 0 saturated heterocycles. The second-order valence-corrected chi connectivity index (χ2v) is 6.91. The molecule has 2 aromatic carbocycles. The Bertz CT molecular complexity index is 1070. The van der Waals surface area contributed by atoms with Gasteiger partial charge in [0.1, 0.15) is 11.5 Å². The molecule has 0 aliphatic rings. The molecule has 2 nitrogen and oxygen atoms in total. The molecule has 4 rings (SSSR count). The summed E-state index contributed by atoms with van der Waals surface area (Å²) < 4.78 is 29.5. The number of fused-ring (bicyclic) bond motifs is 6. The van der Waals surface area contributed by atoms with Gasteiger partial charge in [-0.15, -0.1) is 0 Å². The lowest BCUT2D eigenvalue weighted by atomic mass is 9.86. The Morgan fingerprint density at radius 3 is 2.43 bits per heavy atom. The second kappa shape index (κ2) is 4.51. The van der Waals surface area contributed by atoms with Crippen LogP contribution in [0.4, 0.5) is 8.78 Å². The predicted octanol–water partition coefficient (Wildman–Crippen LogP) is 5.22. The first-order valence-electron chi connectivity index (χ1n) is 7.55. The Hall–Kier alpha value is -2.49. The van der Waals surface area contributed by atoms with Gasteiger partial charge in [0.15, 0.2) is 0 Å². The topological polar surface area (TPSA) is 17.3 Å². The summed E-state index contributed by atoms with van der Waals surface area (Å²) in [4.78, 5) is 4.16. The Morgan fingerprint density at radius 1 is 0.913 bits per heavy atom. The molecule has 0 radical (unpaired) electrons. The molecular weight excluding hydrogens is 294 g/mol. The molecule has 0 saturated carbocycles. The average molecular weight is 310 g/mol. The third-order valence-electron chi connectivity index (χ3n) is 4.33. The van der Waals surface area contributed by atoms with Crippen molar-refractivity contribution in [2.24, 2.45) is 0 Å². The standard InChI is InChI=1S/C19H16F2N2/c1-19(2,3)11-4-7-16-15(8-11)14-9-12(20)5-6-13(14)18-22-10-17(21)23(16)18/h4-10H,1-3H3. The van der Waals surface area contributed by atoms with E-state index in [2.05, 4.69) is 25.8 Å². The van der Waals surface area contributed by atoms with E-state index in [4.69, 9.17) is 0 Å². The van der Waals surface area contributed by atoms with Crippen LogP contribution in [-0.4, -0.2) is 9.38 Å². The summed E-state index contributed by atoms with van der Waals surface area (Å²) in [5, 5.41) is 2.33. The molecule has 2 heterocycles. The van der Waals surface area contributed by atoms with Gasteiger partial charge < -0.3 is 0 Å². The number of hydrogen-bond acceptors (Lipinski definition) is 1. The van der Waals surface area contributed by atoms with Gasteiger partial charge in [0.25, 0.3) is 0 Å². The van der Waals surface area contributed by atoms with Crippen molar-refractivity contribution in [3.63, 3.8) is 0 Å². The molecular formula is C19H16F2N2. The van der Waals surface area contributed by atoms with Crippen molar-refractivity contribution >= 4 is 27.3 Å². The maximum Gasteiger partial charge on any atom is 0.218 e. The summed E-state index contributed by atoms with van der Waals surface area (Å²) in [6.45, 7) is 6.35. The molecule has 0 atom stereocenters. The minimum atomic E-state index is -0.417. The van der Waals surface area contributed by atoms with E-state index in [0.29, 0.717) is 11.2 Å². The van der Waals surface area contributed by atoms with E-state index < -0.39 is 5.95 Å². The van der Waals surface area contributed by atoms with Crippen molar-refractivity contribution < 1.29 is 8.78 Å². The lowest BCUT2D eigenvalue weighted by molar-refractivity contribution is 0.578. The minimum absolute atomic E-state index is 0.0454. The summed E-state index contributed by atoms with van der Waals surface area (Å²) in [6.07, 6.45) is 1.20. The van der Waals surface area contributed by atoms with Gasteiger partial charge in [0.2, 0.25) is 5.95 Å². The van der Waals surface area contributed by atoms with Crippen molar-refractivity contribution in [1.82, 2.24) is 9.38 Å². The average Bonchev–Trinajstić information content (AvgIpc) is 2.88. The van der Waals surface area contributed by atoms with Crippen molar-refractivity contribution in [1.29, 1.82) is 0 Å². The molecule has 0 aliphatic heterocycles. The zero-order chi connectivity index (χ0) is 16.4. The van der Waals surface area contributed by atoms with E-state index in [1.807, 2.05) is 18.2 Å². The van der Waals surface area contributed by atoms with E-state index in [0.717, 1.165) is 21.7 Å². The number of aromatic nitrogens is 2. The zero-order valence-corrected chi connectivity index (χ0v) is 13.2. The highest BCUT2D eigenvalue weighted by Gasteiger charge is 2.18. The summed E-state index contributed by atoms with van der Waals surface area (Å²) >= 11 is 0. The van der Waals surface area contributed by atoms with Gasteiger partial charge in [-0.3, -0.25) is 4.40 Å². The van der Waals surface area contributed by atoms with Crippen LogP contribution in [0.2, 0.25) is 0 Å². The van der Waals surface area contributed by atoms with Gasteiger partial charge in [-0.25, -0.2) is 9.37 Å². The second-order valence-electron chi connectivity index (χ2n) is 6.91. The highest BCUT2D eigenvalue weighted by atomic mass is 19.1. The van der Waals surface area contributed by atoms with Crippen molar-refractivity contribution in [2.75, 3.05) is 0 Å². The van der Waals surface area contributed by atoms with Crippen LogP contribution < -0.4 is 0 Å². The molecule has 23 heavy (non-hydrogen) atoms. The Kier molecular flexibility index (Phi) is 2.77. The van der Waals surface area contributed by atoms with Crippen LogP contribution in [-0.2, 0) is 5.41 Å². The van der Waals surface area contributed by atoms with Crippen molar-refractivity contribution in [2.45, 2.75) is 26.2 Å². The smallest absolute Gasteiger partial charge is 0.218 e. The Morgan fingerprint density at radius 2 is 1.70 bits per heavy atom. The monoisotopic (exact) mass is 310 g/mol. The fourth-order valence-electron chi connectivity index (χ4n) is 3.10. The normalized spacial score (nSPS) is 12.6. The van der Waals surface area contributed by atoms with Crippen molar-refractivity contribution in [3.05, 3.63) is 59.9 Å². The lowest BCUT2D eigenvalue weighted by Gasteiger charge is -2.20. The molecule has 0 fully saturated rings. The summed E-state index contributed by atoms with van der Waals surface area (Å²) in [7, 11) is 0. The van der Waals surface area contributed by atoms with E-state index >= 15 is 0 Å². The van der Waals surface area contributed by atoms with Crippen LogP contribution in [0, 0.1) is 11.8 Å². The molecule has 0 spiro atoms. The van der Waals surface area contributed by atoms with Crippen LogP contribution in [0.25, 0.3) is 27.3 Å². The maximum absolute atomic E-state index is 14.2. The Balaban J connectivity index is 2.29. The minimum Gasteiger partial charge on any atom is -0.268 e. The van der Waals surface area contributed by atoms with E-state index in [1.165, 1.54) is 22.7 Å². The lowest BCUT2D eigenvalue weighted by Crippen LogP contribution is -2.11. The third kappa shape index (κ3) is 2.01. The maximum atomic E-state index is 14.2. The van der Waals surface area contributed by atoms with E-state index in [1.54, 1.807) is 6.07 Å². The summed E-state index contributed by atoms with van der Waals surface area (Å²) in [6, 6.07) is 10.4. The summed E-state index contributed by atoms with van der Waals surface area (Å²) in [5.74, 6) is -0.726. The summed E-state index contributed by atoms with van der Waals surface area (Å²) in [5.41, 5.74) is 2.28. The number of hydrogen-bond donors (Lipinski definition) is 0. The first-order valence-corrected chi connectivity index (χ1v) is 7.55. The van der Waals surface area contributed by atoms with Gasteiger partial charge in [0.05, 0.1) is 11.7 Å². The number of imidazole rings is 1. The van der Waals surface area contributed by atoms with Crippen LogP contribution in [0.1, 0.15) is 26.3 Å². The fourth-order valence-corrected chi connectivity index (χ4v) is 3.10. The van der Waals surface area contributed by atoms with Crippen LogP contribution >= 0.6 is 0 Å². The highest BCUT2D eigenvalue weighted by Crippen LogP contribution is 2.33. The first kappa shape index (κ1) is 14.1. The van der Waals surface area contributed by atoms with Gasteiger partial charge >= 0.3 is 0 Å². The van der Waals surface area contributed by atoms with Gasteiger partial charge in [0, 0.05) is 10.8 Å². The molecule has 0 bridgehead atoms. The van der Waals surface area contributed by atoms with Crippen LogP contribution in [0.3, 0.4) is 0 Å². The fraction of sp³-hybridized carbons (Fsp3) is 0.211. The highest BCUT2D eigenvalue weighted by molar-refractivity contribution is 6.11. The molecule has 0 N–H and O–H groups in total. The molecule has 0 amide bonds. The zero-order valence-electron chi connectivity index (χ0n) is 13.2. The molecule has 4 aromatic rings. The van der Waals surface area contributed by atoms with Crippen molar-refractivity contribution in [3.8, 4) is 0 Å². The van der Waals surface area contributed by atoms with Gasteiger partial charge in [-0.1, -0.05) is 26.8 Å². The number of pyridine rings is 1. The largest absolute Gasteiger partial charge is 0.268 e.